The van der Waals surface area contributed by atoms with Crippen molar-refractivity contribution in [3.8, 4) is 0 Å². The third-order valence-electron chi connectivity index (χ3n) is 4.19. The maximum absolute atomic E-state index is 12.6. The molecule has 0 saturated heterocycles. The predicted octanol–water partition coefficient (Wildman–Crippen LogP) is 3.75. The number of amides is 2. The highest BCUT2D eigenvalue weighted by Crippen LogP contribution is 2.34. The summed E-state index contributed by atoms with van der Waals surface area (Å²) in [7, 11) is 0. The largest absolute Gasteiger partial charge is 0.338 e. The summed E-state index contributed by atoms with van der Waals surface area (Å²) in [4.78, 5) is 14.5. The second kappa shape index (κ2) is 6.65. The fourth-order valence-electron chi connectivity index (χ4n) is 3.11. The van der Waals surface area contributed by atoms with Crippen molar-refractivity contribution in [1.82, 2.24) is 10.2 Å². The average Bonchev–Trinajstić information content (AvgIpc) is 2.59. The normalized spacial score (nSPS) is 17.0. The number of nitrogens with one attached hydrogen (secondary N) is 1. The van der Waals surface area contributed by atoms with Gasteiger partial charge in [0.2, 0.25) is 0 Å². The van der Waals surface area contributed by atoms with Gasteiger partial charge in [0.1, 0.15) is 0 Å². The first kappa shape index (κ1) is 14.6. The minimum absolute atomic E-state index is 0.00278. The van der Waals surface area contributed by atoms with Crippen LogP contribution >= 0.6 is 0 Å². The van der Waals surface area contributed by atoms with Crippen LogP contribution in [0.5, 0.6) is 0 Å². The number of fused-ring (bicyclic) bond motifs is 1. The van der Waals surface area contributed by atoms with E-state index < -0.39 is 0 Å². The zero-order valence-electron chi connectivity index (χ0n) is 13.0. The van der Waals surface area contributed by atoms with Crippen LogP contribution in [0.15, 0.2) is 54.6 Å². The van der Waals surface area contributed by atoms with Crippen molar-refractivity contribution in [3.05, 3.63) is 71.3 Å². The van der Waals surface area contributed by atoms with Gasteiger partial charge in [-0.05, 0) is 29.5 Å². The Hall–Kier alpha value is -2.29. The number of nitrogens with zero attached hydrogens (tertiary/aromatic N) is 1. The van der Waals surface area contributed by atoms with E-state index in [9.17, 15) is 4.79 Å². The Labute approximate surface area is 132 Å². The Balaban J connectivity index is 1.98. The van der Waals surface area contributed by atoms with Crippen LogP contribution in [-0.4, -0.2) is 24.0 Å². The van der Waals surface area contributed by atoms with E-state index in [1.165, 1.54) is 16.7 Å². The first-order valence-corrected chi connectivity index (χ1v) is 7.98. The maximum atomic E-state index is 12.6. The van der Waals surface area contributed by atoms with E-state index in [2.05, 4.69) is 48.6 Å². The summed E-state index contributed by atoms with van der Waals surface area (Å²) in [5.74, 6) is 0. The van der Waals surface area contributed by atoms with Gasteiger partial charge in [0.15, 0.2) is 0 Å². The first-order valence-electron chi connectivity index (χ1n) is 7.98. The van der Waals surface area contributed by atoms with E-state index in [0.717, 1.165) is 25.9 Å². The number of hydrogen-bond donors (Lipinski definition) is 1. The van der Waals surface area contributed by atoms with Crippen LogP contribution in [0.2, 0.25) is 0 Å². The summed E-state index contributed by atoms with van der Waals surface area (Å²) < 4.78 is 0. The predicted molar refractivity (Wildman–Crippen MR) is 88.8 cm³/mol. The van der Waals surface area contributed by atoms with Crippen molar-refractivity contribution in [1.29, 1.82) is 0 Å². The summed E-state index contributed by atoms with van der Waals surface area (Å²) in [5.41, 5.74) is 3.75. The van der Waals surface area contributed by atoms with E-state index in [0.29, 0.717) is 0 Å². The van der Waals surface area contributed by atoms with Crippen LogP contribution in [0.3, 0.4) is 0 Å². The molecule has 1 atom stereocenters. The van der Waals surface area contributed by atoms with Gasteiger partial charge < -0.3 is 10.2 Å². The van der Waals surface area contributed by atoms with Crippen molar-refractivity contribution in [2.45, 2.75) is 25.8 Å². The van der Waals surface area contributed by atoms with Gasteiger partial charge in [-0.1, -0.05) is 61.5 Å². The molecule has 1 unspecified atom stereocenters. The molecule has 0 spiro atoms. The lowest BCUT2D eigenvalue weighted by molar-refractivity contribution is 0.180. The van der Waals surface area contributed by atoms with Gasteiger partial charge in [0, 0.05) is 13.1 Å². The van der Waals surface area contributed by atoms with Crippen molar-refractivity contribution < 1.29 is 4.79 Å². The van der Waals surface area contributed by atoms with Crippen molar-refractivity contribution in [2.75, 3.05) is 13.1 Å². The Morgan fingerprint density at radius 1 is 1.14 bits per heavy atom. The Morgan fingerprint density at radius 3 is 2.64 bits per heavy atom. The van der Waals surface area contributed by atoms with E-state index in [1.54, 1.807) is 0 Å². The van der Waals surface area contributed by atoms with Crippen LogP contribution in [0, 0.1) is 0 Å². The summed E-state index contributed by atoms with van der Waals surface area (Å²) >= 11 is 0. The molecule has 0 radical (unpaired) electrons. The molecule has 0 bridgehead atoms. The quantitative estimate of drug-likeness (QED) is 0.918. The SMILES string of the molecule is CCCNC(=O)N1CCc2ccccc2C1c1ccccc1. The number of urea groups is 1. The molecule has 1 aliphatic heterocycles. The molecule has 1 aliphatic rings. The molecule has 22 heavy (non-hydrogen) atoms. The fourth-order valence-corrected chi connectivity index (χ4v) is 3.11. The van der Waals surface area contributed by atoms with Crippen LogP contribution in [0.4, 0.5) is 4.79 Å². The lowest BCUT2D eigenvalue weighted by Crippen LogP contribution is -2.46. The van der Waals surface area contributed by atoms with Crippen molar-refractivity contribution >= 4 is 6.03 Å². The van der Waals surface area contributed by atoms with E-state index in [-0.39, 0.29) is 12.1 Å². The molecule has 2 amide bonds. The lowest BCUT2D eigenvalue weighted by atomic mass is 9.88. The molecule has 3 nitrogen and oxygen atoms in total. The molecule has 2 aromatic rings. The molecule has 2 aromatic carbocycles. The minimum Gasteiger partial charge on any atom is -0.338 e. The molecule has 0 fully saturated rings. The minimum atomic E-state index is 0.00278. The average molecular weight is 294 g/mol. The van der Waals surface area contributed by atoms with Crippen molar-refractivity contribution in [2.24, 2.45) is 0 Å². The summed E-state index contributed by atoms with van der Waals surface area (Å²) in [6.45, 7) is 3.55. The number of hydrogen-bond acceptors (Lipinski definition) is 1. The van der Waals surface area contributed by atoms with Gasteiger partial charge in [0.25, 0.3) is 0 Å². The molecule has 0 saturated carbocycles. The zero-order valence-corrected chi connectivity index (χ0v) is 13.0. The molecule has 3 heteroatoms. The number of rotatable bonds is 3. The van der Waals surface area contributed by atoms with Crippen LogP contribution in [0.1, 0.15) is 36.1 Å². The summed E-state index contributed by atoms with van der Waals surface area (Å²) in [6, 6.07) is 18.8. The molecule has 1 heterocycles. The fraction of sp³-hybridized carbons (Fsp3) is 0.316. The van der Waals surface area contributed by atoms with E-state index in [1.807, 2.05) is 23.1 Å². The summed E-state index contributed by atoms with van der Waals surface area (Å²) in [5, 5.41) is 3.02. The maximum Gasteiger partial charge on any atom is 0.318 e. The topological polar surface area (TPSA) is 32.3 Å². The smallest absolute Gasteiger partial charge is 0.318 e. The Bertz CT molecular complexity index is 639. The van der Waals surface area contributed by atoms with E-state index in [4.69, 9.17) is 0 Å². The molecule has 0 aromatic heterocycles. The molecule has 0 aliphatic carbocycles. The van der Waals surface area contributed by atoms with Gasteiger partial charge in [-0.3, -0.25) is 0 Å². The highest BCUT2D eigenvalue weighted by molar-refractivity contribution is 5.76. The Morgan fingerprint density at radius 2 is 1.86 bits per heavy atom. The zero-order chi connectivity index (χ0) is 15.4. The first-order chi connectivity index (χ1) is 10.8. The summed E-state index contributed by atoms with van der Waals surface area (Å²) in [6.07, 6.45) is 1.87. The lowest BCUT2D eigenvalue weighted by Gasteiger charge is -2.37. The standard InChI is InChI=1S/C19H22N2O/c1-2-13-20-19(22)21-14-12-15-8-6-7-11-17(15)18(21)16-9-4-3-5-10-16/h3-11,18H,2,12-14H2,1H3,(H,20,22). The van der Waals surface area contributed by atoms with Crippen LogP contribution < -0.4 is 5.32 Å². The number of carbonyl (C=O) groups is 1. The molecular weight excluding hydrogens is 272 g/mol. The van der Waals surface area contributed by atoms with Crippen LogP contribution in [0.25, 0.3) is 0 Å². The Kier molecular flexibility index (Phi) is 4.42. The number of carbonyl (C=O) groups excluding carboxylic acids is 1. The van der Waals surface area contributed by atoms with Crippen LogP contribution in [-0.2, 0) is 6.42 Å². The monoisotopic (exact) mass is 294 g/mol. The van der Waals surface area contributed by atoms with Gasteiger partial charge in [0.05, 0.1) is 6.04 Å². The van der Waals surface area contributed by atoms with Gasteiger partial charge in [-0.25, -0.2) is 4.79 Å². The van der Waals surface area contributed by atoms with Gasteiger partial charge in [-0.2, -0.15) is 0 Å². The van der Waals surface area contributed by atoms with Crippen molar-refractivity contribution in [3.63, 3.8) is 0 Å². The highest BCUT2D eigenvalue weighted by atomic mass is 16.2. The second-order valence-electron chi connectivity index (χ2n) is 5.69. The van der Waals surface area contributed by atoms with Gasteiger partial charge >= 0.3 is 6.03 Å². The molecular formula is C19H22N2O. The second-order valence-corrected chi connectivity index (χ2v) is 5.69. The third kappa shape index (κ3) is 2.84. The molecule has 1 N–H and O–H groups in total. The molecule has 3 rings (SSSR count). The number of benzene rings is 2. The van der Waals surface area contributed by atoms with Gasteiger partial charge in [-0.15, -0.1) is 0 Å². The van der Waals surface area contributed by atoms with E-state index >= 15 is 0 Å². The molecule has 114 valence electrons. The third-order valence-corrected chi connectivity index (χ3v) is 4.19. The highest BCUT2D eigenvalue weighted by Gasteiger charge is 2.31.